The van der Waals surface area contributed by atoms with Gasteiger partial charge < -0.3 is 9.47 Å². The van der Waals surface area contributed by atoms with E-state index in [2.05, 4.69) is 37.7 Å². The summed E-state index contributed by atoms with van der Waals surface area (Å²) < 4.78 is 11.1. The van der Waals surface area contributed by atoms with Gasteiger partial charge in [0.2, 0.25) is 0 Å². The molecule has 2 rings (SSSR count). The fourth-order valence-corrected chi connectivity index (χ4v) is 1.89. The molecule has 0 N–H and O–H groups in total. The number of hydrogen-bond donors (Lipinski definition) is 0. The van der Waals surface area contributed by atoms with E-state index in [1.54, 1.807) is 0 Å². The summed E-state index contributed by atoms with van der Waals surface area (Å²) in [6, 6.07) is 0.598. The average molecular weight is 238 g/mol. The highest BCUT2D eigenvalue weighted by atomic mass is 16.5. The van der Waals surface area contributed by atoms with Crippen LogP contribution in [-0.4, -0.2) is 37.1 Å². The monoisotopic (exact) mass is 238 g/mol. The lowest BCUT2D eigenvalue weighted by Crippen LogP contribution is -2.13. The normalized spacial score (nSPS) is 28.1. The molecule has 0 bridgehead atoms. The minimum Gasteiger partial charge on any atom is -0.478 e. The lowest BCUT2D eigenvalue weighted by Gasteiger charge is -2.06. The molecule has 0 radical (unpaired) electrons. The largest absolute Gasteiger partial charge is 0.478 e. The van der Waals surface area contributed by atoms with Gasteiger partial charge >= 0.3 is 0 Å². The van der Waals surface area contributed by atoms with E-state index in [0.29, 0.717) is 43.6 Å². The first-order valence-electron chi connectivity index (χ1n) is 6.45. The predicted octanol–water partition coefficient (Wildman–Crippen LogP) is 2.28. The van der Waals surface area contributed by atoms with E-state index in [-0.39, 0.29) is 0 Å². The molecule has 0 amide bonds. The summed E-state index contributed by atoms with van der Waals surface area (Å²) in [5.74, 6) is 2.63. The molecule has 0 aromatic carbocycles. The molecule has 0 saturated carbocycles. The molecule has 0 aromatic heterocycles. The number of ether oxygens (including phenoxy) is 2. The summed E-state index contributed by atoms with van der Waals surface area (Å²) in [7, 11) is 0. The molecular weight excluding hydrogens is 216 g/mol. The van der Waals surface area contributed by atoms with Crippen LogP contribution in [0.25, 0.3) is 0 Å². The minimum absolute atomic E-state index is 0.299. The van der Waals surface area contributed by atoms with Crippen LogP contribution in [0.5, 0.6) is 0 Å². The predicted molar refractivity (Wildman–Crippen MR) is 68.6 cm³/mol. The van der Waals surface area contributed by atoms with Crippen molar-refractivity contribution in [1.29, 1.82) is 0 Å². The molecule has 2 aliphatic heterocycles. The molecule has 0 spiro atoms. The molecular formula is C13H22N2O2. The van der Waals surface area contributed by atoms with Crippen LogP contribution in [0.1, 0.15) is 34.1 Å². The Hall–Kier alpha value is -1.06. The lowest BCUT2D eigenvalue weighted by molar-refractivity contribution is 0.277. The Kier molecular flexibility index (Phi) is 3.69. The fourth-order valence-electron chi connectivity index (χ4n) is 1.89. The van der Waals surface area contributed by atoms with Crippen LogP contribution >= 0.6 is 0 Å². The molecule has 0 saturated heterocycles. The molecule has 17 heavy (non-hydrogen) atoms. The van der Waals surface area contributed by atoms with E-state index >= 15 is 0 Å². The zero-order chi connectivity index (χ0) is 12.4. The molecule has 2 heterocycles. The maximum absolute atomic E-state index is 5.57. The SMILES string of the molecule is CC(C)C1COC(CC2=NC(C(C)C)CO2)=N1. The topological polar surface area (TPSA) is 43.2 Å². The summed E-state index contributed by atoms with van der Waals surface area (Å²) in [6.07, 6.45) is 0.618. The summed E-state index contributed by atoms with van der Waals surface area (Å²) in [6.45, 7) is 10.1. The standard InChI is InChI=1S/C13H22N2O2/c1-8(2)10-6-16-12(14-10)5-13-15-11(7-17-13)9(3)4/h8-11H,5-7H2,1-4H3. The van der Waals surface area contributed by atoms with Crippen LogP contribution < -0.4 is 0 Å². The van der Waals surface area contributed by atoms with Crippen molar-refractivity contribution < 1.29 is 9.47 Å². The maximum Gasteiger partial charge on any atom is 0.193 e. The van der Waals surface area contributed by atoms with E-state index in [9.17, 15) is 0 Å². The third-order valence-electron chi connectivity index (χ3n) is 3.30. The van der Waals surface area contributed by atoms with Crippen molar-refractivity contribution in [2.75, 3.05) is 13.2 Å². The number of hydrogen-bond acceptors (Lipinski definition) is 4. The van der Waals surface area contributed by atoms with Gasteiger partial charge in [0.25, 0.3) is 0 Å². The molecule has 2 aliphatic rings. The summed E-state index contributed by atoms with van der Waals surface area (Å²) in [5, 5.41) is 0. The first kappa shape index (κ1) is 12.4. The Balaban J connectivity index is 1.91. The highest BCUT2D eigenvalue weighted by Gasteiger charge is 2.26. The van der Waals surface area contributed by atoms with Gasteiger partial charge in [-0.1, -0.05) is 27.7 Å². The first-order valence-corrected chi connectivity index (χ1v) is 6.45. The average Bonchev–Trinajstić information content (AvgIpc) is 2.87. The van der Waals surface area contributed by atoms with Crippen LogP contribution in [0.15, 0.2) is 9.98 Å². The smallest absolute Gasteiger partial charge is 0.193 e. The third kappa shape index (κ3) is 2.99. The van der Waals surface area contributed by atoms with Crippen molar-refractivity contribution in [1.82, 2.24) is 0 Å². The number of nitrogens with zero attached hydrogens (tertiary/aromatic N) is 2. The van der Waals surface area contributed by atoms with Crippen molar-refractivity contribution in [2.45, 2.75) is 46.2 Å². The van der Waals surface area contributed by atoms with Crippen molar-refractivity contribution in [3.05, 3.63) is 0 Å². The van der Waals surface area contributed by atoms with Crippen LogP contribution in [0.3, 0.4) is 0 Å². The Morgan fingerprint density at radius 3 is 1.65 bits per heavy atom. The van der Waals surface area contributed by atoms with Gasteiger partial charge in [0.1, 0.15) is 13.2 Å². The molecule has 96 valence electrons. The maximum atomic E-state index is 5.57. The zero-order valence-corrected chi connectivity index (χ0v) is 11.1. The highest BCUT2D eigenvalue weighted by Crippen LogP contribution is 2.19. The Labute approximate surface area is 103 Å². The van der Waals surface area contributed by atoms with Crippen LogP contribution in [0.4, 0.5) is 0 Å². The van der Waals surface area contributed by atoms with Crippen molar-refractivity contribution in [3.8, 4) is 0 Å². The van der Waals surface area contributed by atoms with E-state index in [0.717, 1.165) is 11.8 Å². The van der Waals surface area contributed by atoms with Gasteiger partial charge in [-0.15, -0.1) is 0 Å². The highest BCUT2D eigenvalue weighted by molar-refractivity contribution is 5.98. The Morgan fingerprint density at radius 2 is 1.35 bits per heavy atom. The molecule has 2 unspecified atom stereocenters. The van der Waals surface area contributed by atoms with Gasteiger partial charge in [0.15, 0.2) is 11.8 Å². The fraction of sp³-hybridized carbons (Fsp3) is 0.846. The van der Waals surface area contributed by atoms with E-state index in [1.807, 2.05) is 0 Å². The second-order valence-corrected chi connectivity index (χ2v) is 5.47. The molecule has 0 aromatic rings. The third-order valence-corrected chi connectivity index (χ3v) is 3.30. The van der Waals surface area contributed by atoms with E-state index in [1.165, 1.54) is 0 Å². The second-order valence-electron chi connectivity index (χ2n) is 5.47. The van der Waals surface area contributed by atoms with Gasteiger partial charge in [0, 0.05) is 0 Å². The summed E-state index contributed by atoms with van der Waals surface area (Å²) in [5.41, 5.74) is 0. The Bertz CT molecular complexity index is 302. The van der Waals surface area contributed by atoms with Crippen molar-refractivity contribution >= 4 is 11.8 Å². The van der Waals surface area contributed by atoms with Gasteiger partial charge in [0.05, 0.1) is 18.5 Å². The second kappa shape index (κ2) is 5.07. The van der Waals surface area contributed by atoms with Crippen LogP contribution in [-0.2, 0) is 9.47 Å². The van der Waals surface area contributed by atoms with Gasteiger partial charge in [-0.2, -0.15) is 0 Å². The zero-order valence-electron chi connectivity index (χ0n) is 11.1. The molecule has 2 atom stereocenters. The molecule has 0 fully saturated rings. The Morgan fingerprint density at radius 1 is 0.941 bits per heavy atom. The minimum atomic E-state index is 0.299. The van der Waals surface area contributed by atoms with Crippen molar-refractivity contribution in [3.63, 3.8) is 0 Å². The van der Waals surface area contributed by atoms with Gasteiger partial charge in [-0.05, 0) is 11.8 Å². The molecule has 4 nitrogen and oxygen atoms in total. The van der Waals surface area contributed by atoms with E-state index in [4.69, 9.17) is 9.47 Å². The van der Waals surface area contributed by atoms with Gasteiger partial charge in [-0.3, -0.25) is 0 Å². The van der Waals surface area contributed by atoms with Gasteiger partial charge in [-0.25, -0.2) is 9.98 Å². The van der Waals surface area contributed by atoms with Crippen molar-refractivity contribution in [2.24, 2.45) is 21.8 Å². The molecule has 4 heteroatoms. The summed E-state index contributed by atoms with van der Waals surface area (Å²) in [4.78, 5) is 9.11. The number of aliphatic imine (C=N–C) groups is 2. The molecule has 0 aliphatic carbocycles. The van der Waals surface area contributed by atoms with E-state index < -0.39 is 0 Å². The lowest BCUT2D eigenvalue weighted by atomic mass is 10.1. The number of rotatable bonds is 4. The first-order chi connectivity index (χ1) is 8.06. The van der Waals surface area contributed by atoms with Crippen LogP contribution in [0.2, 0.25) is 0 Å². The quantitative estimate of drug-likeness (QED) is 0.754. The summed E-state index contributed by atoms with van der Waals surface area (Å²) >= 11 is 0. The van der Waals surface area contributed by atoms with Crippen LogP contribution in [0, 0.1) is 11.8 Å².